The van der Waals surface area contributed by atoms with Gasteiger partial charge < -0.3 is 10.2 Å². The largest absolute Gasteiger partial charge is 0.343 e. The lowest BCUT2D eigenvalue weighted by atomic mass is 9.95. The van der Waals surface area contributed by atoms with Crippen molar-refractivity contribution in [2.24, 2.45) is 5.92 Å². The Balaban J connectivity index is 1.56. The summed E-state index contributed by atoms with van der Waals surface area (Å²) in [5.41, 5.74) is 2.26. The molecule has 0 unspecified atom stereocenters. The number of anilines is 1. The number of rotatable bonds is 9. The van der Waals surface area contributed by atoms with E-state index in [1.54, 1.807) is 39.0 Å². The van der Waals surface area contributed by atoms with Crippen LogP contribution in [0.25, 0.3) is 0 Å². The predicted octanol–water partition coefficient (Wildman–Crippen LogP) is 3.84. The Kier molecular flexibility index (Phi) is 8.85. The van der Waals surface area contributed by atoms with E-state index in [-0.39, 0.29) is 22.6 Å². The Bertz CT molecular complexity index is 1090. The highest BCUT2D eigenvalue weighted by Gasteiger charge is 2.28. The summed E-state index contributed by atoms with van der Waals surface area (Å²) in [4.78, 5) is 27.5. The van der Waals surface area contributed by atoms with Crippen molar-refractivity contribution in [3.05, 3.63) is 59.7 Å². The van der Waals surface area contributed by atoms with E-state index < -0.39 is 10.0 Å². The van der Waals surface area contributed by atoms with Crippen molar-refractivity contribution in [2.75, 3.05) is 31.5 Å². The zero-order valence-electron chi connectivity index (χ0n) is 20.3. The van der Waals surface area contributed by atoms with Gasteiger partial charge in [0.25, 0.3) is 0 Å². The molecule has 0 spiro atoms. The number of nitrogens with one attached hydrogen (secondary N) is 1. The summed E-state index contributed by atoms with van der Waals surface area (Å²) in [5, 5.41) is 2.89. The highest BCUT2D eigenvalue weighted by molar-refractivity contribution is 7.89. The molecule has 2 aromatic rings. The Hall–Kier alpha value is -2.71. The summed E-state index contributed by atoms with van der Waals surface area (Å²) in [6.07, 6.45) is 2.37. The normalized spacial score (nSPS) is 14.9. The van der Waals surface area contributed by atoms with Gasteiger partial charge in [0.15, 0.2) is 0 Å². The number of aryl methyl sites for hydroxylation is 2. The molecule has 1 saturated heterocycles. The number of nitrogens with zero attached hydrogens (tertiary/aromatic N) is 2. The molecule has 1 N–H and O–H groups in total. The van der Waals surface area contributed by atoms with Crippen molar-refractivity contribution < 1.29 is 18.0 Å². The smallest absolute Gasteiger partial charge is 0.243 e. The van der Waals surface area contributed by atoms with Crippen LogP contribution in [0.5, 0.6) is 0 Å². The van der Waals surface area contributed by atoms with Crippen LogP contribution in [0.15, 0.2) is 53.4 Å². The SMILES string of the molecule is CCN(CC)S(=O)(=O)c1cc(NC(=O)C2CCN(C(=O)CCc3ccccc3)CC2)ccc1C. The summed E-state index contributed by atoms with van der Waals surface area (Å²) in [6.45, 7) is 7.26. The molecule has 8 heteroatoms. The fourth-order valence-electron chi connectivity index (χ4n) is 4.35. The highest BCUT2D eigenvalue weighted by atomic mass is 32.2. The third-order valence-corrected chi connectivity index (χ3v) is 8.66. The molecular formula is C26H35N3O4S. The number of benzene rings is 2. The molecule has 0 radical (unpaired) electrons. The molecule has 3 rings (SSSR count). The lowest BCUT2D eigenvalue weighted by molar-refractivity contribution is -0.134. The average Bonchev–Trinajstić information content (AvgIpc) is 2.85. The number of sulfonamides is 1. The third kappa shape index (κ3) is 6.24. The Morgan fingerprint density at radius 1 is 1.03 bits per heavy atom. The third-order valence-electron chi connectivity index (χ3n) is 6.47. The molecule has 1 aliphatic rings. The maximum absolute atomic E-state index is 13.0. The Morgan fingerprint density at radius 3 is 2.29 bits per heavy atom. The van der Waals surface area contributed by atoms with E-state index in [9.17, 15) is 18.0 Å². The second-order valence-electron chi connectivity index (χ2n) is 8.70. The van der Waals surface area contributed by atoms with E-state index in [1.807, 2.05) is 35.2 Å². The molecule has 0 aromatic heterocycles. The number of hydrogen-bond acceptors (Lipinski definition) is 4. The van der Waals surface area contributed by atoms with Crippen molar-refractivity contribution >= 4 is 27.5 Å². The van der Waals surface area contributed by atoms with Crippen LogP contribution in [0.4, 0.5) is 5.69 Å². The Morgan fingerprint density at radius 2 is 1.68 bits per heavy atom. The standard InChI is InChI=1S/C26H35N3O4S/c1-4-29(5-2)34(32,33)24-19-23(13-11-20(24)3)27-26(31)22-15-17-28(18-16-22)25(30)14-12-21-9-7-6-8-10-21/h6-11,13,19,22H,4-5,12,14-18H2,1-3H3,(H,27,31). The van der Waals surface area contributed by atoms with Gasteiger partial charge in [0, 0.05) is 44.2 Å². The zero-order valence-corrected chi connectivity index (χ0v) is 21.1. The molecule has 0 bridgehead atoms. The first-order valence-corrected chi connectivity index (χ1v) is 13.4. The summed E-state index contributed by atoms with van der Waals surface area (Å²) >= 11 is 0. The van der Waals surface area contributed by atoms with E-state index >= 15 is 0 Å². The minimum Gasteiger partial charge on any atom is -0.343 e. The quantitative estimate of drug-likeness (QED) is 0.585. The summed E-state index contributed by atoms with van der Waals surface area (Å²) in [6, 6.07) is 14.9. The van der Waals surface area contributed by atoms with Crippen molar-refractivity contribution in [2.45, 2.75) is 51.3 Å². The first-order chi connectivity index (χ1) is 16.3. The van der Waals surface area contributed by atoms with Gasteiger partial charge in [-0.25, -0.2) is 8.42 Å². The number of piperidine rings is 1. The fourth-order valence-corrected chi connectivity index (χ4v) is 6.06. The van der Waals surface area contributed by atoms with E-state index in [4.69, 9.17) is 0 Å². The van der Waals surface area contributed by atoms with Crippen molar-refractivity contribution in [3.63, 3.8) is 0 Å². The van der Waals surface area contributed by atoms with E-state index in [2.05, 4.69) is 5.32 Å². The van der Waals surface area contributed by atoms with E-state index in [0.717, 1.165) is 5.56 Å². The van der Waals surface area contributed by atoms with Crippen LogP contribution in [0.3, 0.4) is 0 Å². The van der Waals surface area contributed by atoms with Crippen LogP contribution in [-0.4, -0.2) is 55.6 Å². The summed E-state index contributed by atoms with van der Waals surface area (Å²) in [5.74, 6) is -0.221. The van der Waals surface area contributed by atoms with E-state index in [1.165, 1.54) is 4.31 Å². The van der Waals surface area contributed by atoms with E-state index in [0.29, 0.717) is 63.1 Å². The van der Waals surface area contributed by atoms with Crippen LogP contribution in [0.2, 0.25) is 0 Å². The van der Waals surface area contributed by atoms with Gasteiger partial charge in [0.05, 0.1) is 4.90 Å². The number of amides is 2. The lowest BCUT2D eigenvalue weighted by Crippen LogP contribution is -2.41. The first kappa shape index (κ1) is 25.9. The first-order valence-electron chi connectivity index (χ1n) is 12.0. The van der Waals surface area contributed by atoms with Crippen LogP contribution in [0, 0.1) is 12.8 Å². The zero-order chi connectivity index (χ0) is 24.7. The van der Waals surface area contributed by atoms with Crippen LogP contribution >= 0.6 is 0 Å². The van der Waals surface area contributed by atoms with Gasteiger partial charge >= 0.3 is 0 Å². The molecule has 0 saturated carbocycles. The minimum absolute atomic E-state index is 0.118. The number of hydrogen-bond donors (Lipinski definition) is 1. The van der Waals surface area contributed by atoms with Crippen LogP contribution in [-0.2, 0) is 26.0 Å². The minimum atomic E-state index is -3.62. The molecule has 34 heavy (non-hydrogen) atoms. The van der Waals surface area contributed by atoms with Crippen LogP contribution in [0.1, 0.15) is 44.2 Å². The van der Waals surface area contributed by atoms with Crippen molar-refractivity contribution in [1.29, 1.82) is 0 Å². The van der Waals surface area contributed by atoms with Gasteiger partial charge in [0.2, 0.25) is 21.8 Å². The maximum Gasteiger partial charge on any atom is 0.243 e. The molecule has 1 aliphatic heterocycles. The molecule has 1 fully saturated rings. The van der Waals surface area contributed by atoms with Gasteiger partial charge in [-0.15, -0.1) is 0 Å². The molecule has 184 valence electrons. The fraction of sp³-hybridized carbons (Fsp3) is 0.462. The maximum atomic E-state index is 13.0. The van der Waals surface area contributed by atoms with Gasteiger partial charge in [-0.3, -0.25) is 9.59 Å². The summed E-state index contributed by atoms with van der Waals surface area (Å²) < 4.78 is 27.4. The Labute approximate surface area is 203 Å². The average molecular weight is 486 g/mol. The lowest BCUT2D eigenvalue weighted by Gasteiger charge is -2.31. The van der Waals surface area contributed by atoms with Crippen molar-refractivity contribution in [1.82, 2.24) is 9.21 Å². The molecule has 2 amide bonds. The molecule has 7 nitrogen and oxygen atoms in total. The monoisotopic (exact) mass is 485 g/mol. The molecule has 1 heterocycles. The van der Waals surface area contributed by atoms with Gasteiger partial charge in [0.1, 0.15) is 0 Å². The second-order valence-corrected chi connectivity index (χ2v) is 10.6. The van der Waals surface area contributed by atoms with Crippen molar-refractivity contribution in [3.8, 4) is 0 Å². The molecule has 2 aromatic carbocycles. The second kappa shape index (κ2) is 11.6. The van der Waals surface area contributed by atoms with Gasteiger partial charge in [-0.2, -0.15) is 4.31 Å². The molecule has 0 atom stereocenters. The molecule has 0 aliphatic carbocycles. The summed E-state index contributed by atoms with van der Waals surface area (Å²) in [7, 11) is -3.62. The van der Waals surface area contributed by atoms with Gasteiger partial charge in [-0.05, 0) is 49.4 Å². The van der Waals surface area contributed by atoms with Gasteiger partial charge in [-0.1, -0.05) is 50.2 Å². The van der Waals surface area contributed by atoms with Crippen LogP contribution < -0.4 is 5.32 Å². The number of carbonyl (C=O) groups excluding carboxylic acids is 2. The highest BCUT2D eigenvalue weighted by Crippen LogP contribution is 2.25. The predicted molar refractivity (Wildman–Crippen MR) is 134 cm³/mol. The topological polar surface area (TPSA) is 86.8 Å². The molecular weight excluding hydrogens is 450 g/mol. The number of likely N-dealkylation sites (tertiary alicyclic amines) is 1. The number of carbonyl (C=O) groups is 2.